The molecule has 11 heteroatoms. The first-order valence-electron chi connectivity index (χ1n) is 11.8. The molecule has 10 nitrogen and oxygen atoms in total. The van der Waals surface area contributed by atoms with Gasteiger partial charge in [0.05, 0.1) is 28.6 Å². The van der Waals surface area contributed by atoms with Crippen LogP contribution in [0.3, 0.4) is 0 Å². The van der Waals surface area contributed by atoms with Crippen LogP contribution >= 0.6 is 0 Å². The smallest absolute Gasteiger partial charge is 0.328 e. The van der Waals surface area contributed by atoms with Crippen LogP contribution < -0.4 is 19.9 Å². The van der Waals surface area contributed by atoms with Crippen molar-refractivity contribution in [2.24, 2.45) is 21.1 Å². The van der Waals surface area contributed by atoms with Crippen LogP contribution in [0.25, 0.3) is 11.0 Å². The fourth-order valence-corrected chi connectivity index (χ4v) is 5.39. The van der Waals surface area contributed by atoms with Gasteiger partial charge in [0, 0.05) is 33.3 Å². The van der Waals surface area contributed by atoms with E-state index in [2.05, 4.69) is 9.82 Å². The first kappa shape index (κ1) is 25.2. The van der Waals surface area contributed by atoms with Gasteiger partial charge in [-0.25, -0.2) is 13.2 Å². The summed E-state index contributed by atoms with van der Waals surface area (Å²) in [7, 11) is 0.941. The van der Waals surface area contributed by atoms with E-state index >= 15 is 0 Å². The van der Waals surface area contributed by atoms with Crippen molar-refractivity contribution in [3.05, 3.63) is 94.7 Å². The Bertz CT molecular complexity index is 1800. The first-order valence-corrected chi connectivity index (χ1v) is 13.3. The number of nitrogens with zero attached hydrogens (tertiary/aromatic N) is 4. The van der Waals surface area contributed by atoms with Gasteiger partial charge < -0.3 is 9.47 Å². The molecule has 2 aromatic heterocycles. The van der Waals surface area contributed by atoms with E-state index < -0.39 is 10.0 Å². The quantitative estimate of drug-likeness (QED) is 0.322. The molecule has 0 fully saturated rings. The maximum atomic E-state index is 13.3. The van der Waals surface area contributed by atoms with Crippen LogP contribution in [0.1, 0.15) is 11.3 Å². The lowest BCUT2D eigenvalue weighted by Crippen LogP contribution is -2.19. The van der Waals surface area contributed by atoms with E-state index in [1.165, 1.54) is 20.0 Å². The molecule has 0 radical (unpaired) electrons. The fourth-order valence-electron chi connectivity index (χ4n) is 4.13. The minimum Gasteiger partial charge on any atom is -0.489 e. The molecule has 5 rings (SSSR count). The molecule has 0 aliphatic heterocycles. The molecule has 0 aliphatic carbocycles. The number of sulfonamides is 1. The van der Waals surface area contributed by atoms with Gasteiger partial charge in [-0.1, -0.05) is 36.4 Å². The van der Waals surface area contributed by atoms with Crippen molar-refractivity contribution in [1.29, 1.82) is 0 Å². The lowest BCUT2D eigenvalue weighted by Gasteiger charge is -2.15. The number of hydrogen-bond donors (Lipinski definition) is 1. The molecule has 1 N–H and O–H groups in total. The summed E-state index contributed by atoms with van der Waals surface area (Å²) in [6.45, 7) is 2.06. The highest BCUT2D eigenvalue weighted by Crippen LogP contribution is 2.36. The summed E-state index contributed by atoms with van der Waals surface area (Å²) < 4.78 is 45.7. The Labute approximate surface area is 219 Å². The van der Waals surface area contributed by atoms with Crippen LogP contribution in [-0.4, -0.2) is 27.3 Å². The van der Waals surface area contributed by atoms with Crippen molar-refractivity contribution in [2.45, 2.75) is 18.4 Å². The van der Waals surface area contributed by atoms with E-state index in [4.69, 9.17) is 9.47 Å². The first-order chi connectivity index (χ1) is 18.1. The third kappa shape index (κ3) is 4.75. The van der Waals surface area contributed by atoms with Crippen molar-refractivity contribution in [3.8, 4) is 17.2 Å². The van der Waals surface area contributed by atoms with Gasteiger partial charge in [-0.3, -0.25) is 18.5 Å². The Morgan fingerprint density at radius 2 is 1.58 bits per heavy atom. The number of fused-ring (bicyclic) bond motifs is 1. The molecule has 0 spiro atoms. The zero-order valence-corrected chi connectivity index (χ0v) is 22.2. The van der Waals surface area contributed by atoms with Crippen molar-refractivity contribution >= 4 is 26.7 Å². The average molecular weight is 534 g/mol. The lowest BCUT2D eigenvalue weighted by atomic mass is 10.2. The summed E-state index contributed by atoms with van der Waals surface area (Å²) in [5.74, 6) is 1.26. The number of imidazole rings is 1. The average Bonchev–Trinajstić information content (AvgIpc) is 3.35. The zero-order valence-electron chi connectivity index (χ0n) is 21.4. The molecular formula is C27H27N5O5S. The van der Waals surface area contributed by atoms with Gasteiger partial charge in [0.15, 0.2) is 5.75 Å². The van der Waals surface area contributed by atoms with E-state index in [-0.39, 0.29) is 22.0 Å². The van der Waals surface area contributed by atoms with Crippen LogP contribution in [0.4, 0.5) is 5.69 Å². The second-order valence-corrected chi connectivity index (χ2v) is 10.6. The van der Waals surface area contributed by atoms with E-state index in [0.717, 1.165) is 5.56 Å². The molecule has 0 saturated heterocycles. The molecule has 0 atom stereocenters. The minimum absolute atomic E-state index is 0.0457. The standard InChI is InChI=1S/C27H27N5O5S/c1-18-26(16-28-32(18)4)38(34,35)29-22-14-23-24(31(3)27(33)30(23)2)15-25(22)37-21-12-8-11-20(13-21)36-17-19-9-6-5-7-10-19/h5-16,29H,17H2,1-4H3. The van der Waals surface area contributed by atoms with Crippen LogP contribution in [-0.2, 0) is 37.8 Å². The summed E-state index contributed by atoms with van der Waals surface area (Å²) >= 11 is 0. The molecule has 0 amide bonds. The lowest BCUT2D eigenvalue weighted by molar-refractivity contribution is 0.304. The van der Waals surface area contributed by atoms with Crippen molar-refractivity contribution in [2.75, 3.05) is 4.72 Å². The zero-order chi connectivity index (χ0) is 27.0. The monoisotopic (exact) mass is 533 g/mol. The van der Waals surface area contributed by atoms with Crippen molar-refractivity contribution in [3.63, 3.8) is 0 Å². The fraction of sp³-hybridized carbons (Fsp3) is 0.185. The second-order valence-electron chi connectivity index (χ2n) is 8.91. The number of hydrogen-bond acceptors (Lipinski definition) is 6. The molecule has 3 aromatic carbocycles. The van der Waals surface area contributed by atoms with Gasteiger partial charge in [0.25, 0.3) is 10.0 Å². The van der Waals surface area contributed by atoms with Crippen LogP contribution in [0.2, 0.25) is 0 Å². The Balaban J connectivity index is 1.52. The van der Waals surface area contributed by atoms with Gasteiger partial charge in [-0.2, -0.15) is 5.10 Å². The maximum Gasteiger partial charge on any atom is 0.328 e. The molecule has 0 unspecified atom stereocenters. The van der Waals surface area contributed by atoms with Crippen LogP contribution in [0.15, 0.2) is 82.6 Å². The van der Waals surface area contributed by atoms with Crippen molar-refractivity contribution < 1.29 is 17.9 Å². The number of aryl methyl sites for hydroxylation is 3. The third-order valence-electron chi connectivity index (χ3n) is 6.38. The van der Waals surface area contributed by atoms with Gasteiger partial charge in [0.1, 0.15) is 23.0 Å². The SMILES string of the molecule is Cc1c(S(=O)(=O)Nc2cc3c(cc2Oc2cccc(OCc4ccccc4)c2)n(C)c(=O)n3C)cnn1C. The number of anilines is 1. The van der Waals surface area contributed by atoms with Gasteiger partial charge in [0.2, 0.25) is 0 Å². The molecule has 0 saturated carbocycles. The van der Waals surface area contributed by atoms with E-state index in [0.29, 0.717) is 34.8 Å². The van der Waals surface area contributed by atoms with E-state index in [9.17, 15) is 13.2 Å². The Morgan fingerprint density at radius 3 is 2.26 bits per heavy atom. The number of rotatable bonds is 8. The number of ether oxygens (including phenoxy) is 2. The Kier molecular flexibility index (Phi) is 6.45. The van der Waals surface area contributed by atoms with Crippen molar-refractivity contribution in [1.82, 2.24) is 18.9 Å². The van der Waals surface area contributed by atoms with E-state index in [1.54, 1.807) is 58.4 Å². The Morgan fingerprint density at radius 1 is 0.895 bits per heavy atom. The summed E-state index contributed by atoms with van der Waals surface area (Å²) in [4.78, 5) is 12.6. The summed E-state index contributed by atoms with van der Waals surface area (Å²) in [6, 6.07) is 20.1. The molecule has 38 heavy (non-hydrogen) atoms. The molecule has 5 aromatic rings. The number of aromatic nitrogens is 4. The predicted octanol–water partition coefficient (Wildman–Crippen LogP) is 4.09. The van der Waals surface area contributed by atoms with E-state index in [1.807, 2.05) is 36.4 Å². The highest BCUT2D eigenvalue weighted by Gasteiger charge is 2.23. The number of nitrogens with one attached hydrogen (secondary N) is 1. The highest BCUT2D eigenvalue weighted by atomic mass is 32.2. The van der Waals surface area contributed by atoms with Crippen LogP contribution in [0, 0.1) is 6.92 Å². The Hall–Kier alpha value is -4.51. The minimum atomic E-state index is -4.00. The largest absolute Gasteiger partial charge is 0.489 e. The summed E-state index contributed by atoms with van der Waals surface area (Å²) in [5, 5.41) is 4.05. The second kappa shape index (κ2) is 9.75. The molecule has 196 valence electrons. The maximum absolute atomic E-state index is 13.3. The van der Waals surface area contributed by atoms with Gasteiger partial charge in [-0.05, 0) is 30.7 Å². The molecule has 2 heterocycles. The molecule has 0 bridgehead atoms. The van der Waals surface area contributed by atoms with Crippen LogP contribution in [0.5, 0.6) is 17.2 Å². The van der Waals surface area contributed by atoms with Gasteiger partial charge >= 0.3 is 5.69 Å². The topological polar surface area (TPSA) is 109 Å². The summed E-state index contributed by atoms with van der Waals surface area (Å²) in [5.41, 5.74) is 2.57. The molecule has 0 aliphatic rings. The number of benzene rings is 3. The predicted molar refractivity (Wildman–Crippen MR) is 144 cm³/mol. The summed E-state index contributed by atoms with van der Waals surface area (Å²) in [6.07, 6.45) is 1.29. The normalized spacial score (nSPS) is 11.6. The van der Waals surface area contributed by atoms with Gasteiger partial charge in [-0.15, -0.1) is 0 Å². The third-order valence-corrected chi connectivity index (χ3v) is 7.85. The highest BCUT2D eigenvalue weighted by molar-refractivity contribution is 7.92. The molecular weight excluding hydrogens is 506 g/mol.